The molecule has 0 aliphatic carbocycles. The number of methoxy groups -OCH3 is 1. The highest BCUT2D eigenvalue weighted by atomic mass is 19.4. The first-order valence-electron chi connectivity index (χ1n) is 8.32. The molecule has 0 aromatic carbocycles. The monoisotopic (exact) mass is 413 g/mol. The molecule has 0 spiro atoms. The van der Waals surface area contributed by atoms with E-state index in [0.29, 0.717) is 0 Å². The highest BCUT2D eigenvalue weighted by molar-refractivity contribution is 5.94. The average Bonchev–Trinajstić information content (AvgIpc) is 2.45. The smallest absolute Gasteiger partial charge is 0.449 e. The molecule has 0 radical (unpaired) electrons. The largest absolute Gasteiger partial charge is 0.467 e. The van der Waals surface area contributed by atoms with E-state index in [2.05, 4.69) is 4.74 Å². The summed E-state index contributed by atoms with van der Waals surface area (Å²) in [4.78, 5) is 48.4. The lowest BCUT2D eigenvalue weighted by Gasteiger charge is -2.32. The lowest BCUT2D eigenvalue weighted by atomic mass is 10.1. The van der Waals surface area contributed by atoms with Crippen LogP contribution in [-0.2, 0) is 23.8 Å². The van der Waals surface area contributed by atoms with E-state index in [9.17, 15) is 32.3 Å². The summed E-state index contributed by atoms with van der Waals surface area (Å²) in [5, 5.41) is 0. The predicted octanol–water partition coefficient (Wildman–Crippen LogP) is 3.61. The fourth-order valence-corrected chi connectivity index (χ4v) is 1.85. The molecule has 0 heterocycles. The van der Waals surface area contributed by atoms with Crippen molar-refractivity contribution in [2.45, 2.75) is 77.8 Å². The molecule has 2 amide bonds. The number of rotatable bonds is 5. The fraction of sp³-hybridized carbons (Fsp3) is 0.765. The van der Waals surface area contributed by atoms with Crippen molar-refractivity contribution in [3.63, 3.8) is 0 Å². The van der Waals surface area contributed by atoms with Crippen molar-refractivity contribution < 1.29 is 46.6 Å². The van der Waals surface area contributed by atoms with E-state index in [1.165, 1.54) is 41.5 Å². The maximum atomic E-state index is 12.5. The molecule has 0 unspecified atom stereocenters. The number of hydrogen-bond donors (Lipinski definition) is 0. The lowest BCUT2D eigenvalue weighted by molar-refractivity contribution is -0.171. The first-order chi connectivity index (χ1) is 12.4. The third-order valence-corrected chi connectivity index (χ3v) is 2.93. The van der Waals surface area contributed by atoms with Gasteiger partial charge in [-0.3, -0.25) is 4.79 Å². The SMILES string of the molecule is COC(=O)[C@H](CCC(=O)C(F)(F)F)N(C(=O)OC(C)(C)C)C(=O)OC(C)(C)C. The number of esters is 1. The number of carbonyl (C=O) groups is 4. The minimum absolute atomic E-state index is 0.228. The number of ketones is 1. The van der Waals surface area contributed by atoms with Crippen molar-refractivity contribution >= 4 is 23.9 Å². The Kier molecular flexibility index (Phi) is 8.47. The van der Waals surface area contributed by atoms with E-state index in [0.717, 1.165) is 7.11 Å². The van der Waals surface area contributed by atoms with Crippen LogP contribution in [0.25, 0.3) is 0 Å². The van der Waals surface area contributed by atoms with Gasteiger partial charge in [-0.25, -0.2) is 14.4 Å². The van der Waals surface area contributed by atoms with Crippen molar-refractivity contribution in [1.82, 2.24) is 4.90 Å². The van der Waals surface area contributed by atoms with Crippen molar-refractivity contribution in [1.29, 1.82) is 0 Å². The number of hydrogen-bond acceptors (Lipinski definition) is 7. The van der Waals surface area contributed by atoms with E-state index in [4.69, 9.17) is 9.47 Å². The summed E-state index contributed by atoms with van der Waals surface area (Å²) in [6.45, 7) is 8.91. The topological polar surface area (TPSA) is 99.2 Å². The van der Waals surface area contributed by atoms with Gasteiger partial charge < -0.3 is 14.2 Å². The van der Waals surface area contributed by atoms with Gasteiger partial charge >= 0.3 is 24.3 Å². The maximum absolute atomic E-state index is 12.5. The van der Waals surface area contributed by atoms with Gasteiger partial charge in [0.25, 0.3) is 0 Å². The zero-order valence-corrected chi connectivity index (χ0v) is 16.9. The highest BCUT2D eigenvalue weighted by Gasteiger charge is 2.43. The molecule has 1 atom stereocenters. The van der Waals surface area contributed by atoms with Gasteiger partial charge in [0.2, 0.25) is 5.78 Å². The Hall–Kier alpha value is -2.33. The molecular formula is C17H26F3NO7. The standard InChI is InChI=1S/C17H26F3NO7/c1-15(2,3)27-13(24)21(14(25)28-16(4,5)6)10(12(23)26-7)8-9-11(22)17(18,19)20/h10H,8-9H2,1-7H3/t10-/m0/s1. The summed E-state index contributed by atoms with van der Waals surface area (Å²) in [6, 6.07) is -1.85. The molecule has 28 heavy (non-hydrogen) atoms. The summed E-state index contributed by atoms with van der Waals surface area (Å²) in [5.74, 6) is -3.32. The number of halogens is 3. The van der Waals surface area contributed by atoms with Crippen LogP contribution in [0.3, 0.4) is 0 Å². The summed E-state index contributed by atoms with van der Waals surface area (Å²) in [7, 11) is 0.920. The Morgan fingerprint density at radius 3 is 1.54 bits per heavy atom. The summed E-state index contributed by atoms with van der Waals surface area (Å²) < 4.78 is 52.0. The molecule has 0 rings (SSSR count). The number of nitrogens with zero attached hydrogens (tertiary/aromatic N) is 1. The first kappa shape index (κ1) is 25.7. The second-order valence-corrected chi connectivity index (χ2v) is 7.83. The van der Waals surface area contributed by atoms with Crippen LogP contribution < -0.4 is 0 Å². The zero-order valence-electron chi connectivity index (χ0n) is 16.9. The molecular weight excluding hydrogens is 387 g/mol. The Bertz CT molecular complexity index is 575. The number of alkyl halides is 3. The number of carbonyl (C=O) groups excluding carboxylic acids is 4. The molecule has 0 aliphatic rings. The van der Waals surface area contributed by atoms with Crippen LogP contribution in [-0.4, -0.2) is 59.4 Å². The van der Waals surface area contributed by atoms with E-state index < -0.39 is 60.2 Å². The second kappa shape index (κ2) is 9.24. The lowest BCUT2D eigenvalue weighted by Crippen LogP contribution is -2.52. The summed E-state index contributed by atoms with van der Waals surface area (Å²) >= 11 is 0. The Balaban J connectivity index is 5.88. The van der Waals surface area contributed by atoms with Crippen LogP contribution in [0.1, 0.15) is 54.4 Å². The van der Waals surface area contributed by atoms with Crippen molar-refractivity contribution in [2.24, 2.45) is 0 Å². The summed E-state index contributed by atoms with van der Waals surface area (Å²) in [6.07, 6.45) is -9.73. The molecule has 8 nitrogen and oxygen atoms in total. The van der Waals surface area contributed by atoms with Crippen LogP contribution in [0.4, 0.5) is 22.8 Å². The highest BCUT2D eigenvalue weighted by Crippen LogP contribution is 2.23. The fourth-order valence-electron chi connectivity index (χ4n) is 1.85. The summed E-state index contributed by atoms with van der Waals surface area (Å²) in [5.41, 5.74) is -2.17. The van der Waals surface area contributed by atoms with Crippen molar-refractivity contribution in [3.8, 4) is 0 Å². The van der Waals surface area contributed by atoms with Crippen LogP contribution >= 0.6 is 0 Å². The van der Waals surface area contributed by atoms with Gasteiger partial charge in [0.1, 0.15) is 17.2 Å². The molecule has 0 aromatic heterocycles. The Morgan fingerprint density at radius 2 is 1.25 bits per heavy atom. The van der Waals surface area contributed by atoms with E-state index in [1.807, 2.05) is 0 Å². The maximum Gasteiger partial charge on any atom is 0.449 e. The minimum Gasteiger partial charge on any atom is -0.467 e. The van der Waals surface area contributed by atoms with E-state index in [-0.39, 0.29) is 4.90 Å². The van der Waals surface area contributed by atoms with Crippen LogP contribution in [0.2, 0.25) is 0 Å². The van der Waals surface area contributed by atoms with Crippen molar-refractivity contribution in [3.05, 3.63) is 0 Å². The number of Topliss-reactive ketones (excluding diaryl/α,β-unsaturated/α-hetero) is 1. The molecule has 11 heteroatoms. The molecule has 162 valence electrons. The molecule has 0 aromatic rings. The van der Waals surface area contributed by atoms with Crippen LogP contribution in [0.15, 0.2) is 0 Å². The number of amides is 2. The zero-order chi connectivity index (χ0) is 22.5. The molecule has 0 bridgehead atoms. The quantitative estimate of drug-likeness (QED) is 0.501. The van der Waals surface area contributed by atoms with Gasteiger partial charge in [-0.15, -0.1) is 0 Å². The number of imide groups is 1. The molecule has 0 fully saturated rings. The van der Waals surface area contributed by atoms with Gasteiger partial charge in [0, 0.05) is 6.42 Å². The molecule has 0 saturated heterocycles. The normalized spacial score (nSPS) is 13.4. The first-order valence-corrected chi connectivity index (χ1v) is 8.32. The van der Waals surface area contributed by atoms with Gasteiger partial charge in [0.05, 0.1) is 7.11 Å². The molecule has 0 saturated carbocycles. The third kappa shape index (κ3) is 9.05. The van der Waals surface area contributed by atoms with Gasteiger partial charge in [-0.2, -0.15) is 18.1 Å². The minimum atomic E-state index is -5.12. The second-order valence-electron chi connectivity index (χ2n) is 7.83. The molecule has 0 aliphatic heterocycles. The third-order valence-electron chi connectivity index (χ3n) is 2.93. The van der Waals surface area contributed by atoms with Crippen LogP contribution in [0, 0.1) is 0 Å². The Labute approximate surface area is 161 Å². The average molecular weight is 413 g/mol. The number of ether oxygens (including phenoxy) is 3. The van der Waals surface area contributed by atoms with E-state index in [1.54, 1.807) is 0 Å². The predicted molar refractivity (Wildman–Crippen MR) is 90.4 cm³/mol. The van der Waals surface area contributed by atoms with Gasteiger partial charge in [0.15, 0.2) is 0 Å². The van der Waals surface area contributed by atoms with Crippen molar-refractivity contribution in [2.75, 3.05) is 7.11 Å². The Morgan fingerprint density at radius 1 is 0.857 bits per heavy atom. The molecule has 0 N–H and O–H groups in total. The van der Waals surface area contributed by atoms with Gasteiger partial charge in [-0.1, -0.05) is 0 Å². The van der Waals surface area contributed by atoms with E-state index >= 15 is 0 Å². The van der Waals surface area contributed by atoms with Gasteiger partial charge in [-0.05, 0) is 48.0 Å². The van der Waals surface area contributed by atoms with Crippen LogP contribution in [0.5, 0.6) is 0 Å².